The van der Waals surface area contributed by atoms with Crippen molar-refractivity contribution in [1.82, 2.24) is 14.7 Å². The first-order valence-electron chi connectivity index (χ1n) is 7.62. The van der Waals surface area contributed by atoms with Crippen molar-refractivity contribution in [2.24, 2.45) is 18.2 Å². The summed E-state index contributed by atoms with van der Waals surface area (Å²) in [4.78, 5) is 14.7. The first kappa shape index (κ1) is 19.0. The highest BCUT2D eigenvalue weighted by Crippen LogP contribution is 2.29. The Balaban J connectivity index is 0.00000242. The van der Waals surface area contributed by atoms with Crippen molar-refractivity contribution in [2.75, 3.05) is 13.1 Å². The van der Waals surface area contributed by atoms with Crippen LogP contribution in [0.2, 0.25) is 0 Å². The fourth-order valence-electron chi connectivity index (χ4n) is 2.74. The number of piperidine rings is 1. The highest BCUT2D eigenvalue weighted by molar-refractivity contribution is 5.92. The quantitative estimate of drug-likeness (QED) is 0.860. The number of aryl methyl sites for hydroxylation is 1. The Hall–Kier alpha value is -1.07. The molecule has 1 fully saturated rings. The predicted molar refractivity (Wildman–Crippen MR) is 91.4 cm³/mol. The summed E-state index contributed by atoms with van der Waals surface area (Å²) in [5.74, 6) is 0.0560. The summed E-state index contributed by atoms with van der Waals surface area (Å²) >= 11 is 0. The molecule has 0 aromatic carbocycles. The van der Waals surface area contributed by atoms with Gasteiger partial charge in [0.2, 0.25) is 0 Å². The van der Waals surface area contributed by atoms with Crippen LogP contribution in [0.1, 0.15) is 57.2 Å². The van der Waals surface area contributed by atoms with Crippen molar-refractivity contribution >= 4 is 18.3 Å². The van der Waals surface area contributed by atoms with E-state index in [-0.39, 0.29) is 35.2 Å². The summed E-state index contributed by atoms with van der Waals surface area (Å²) in [6.07, 6.45) is 0.850. The number of nitrogens with zero attached hydrogens (tertiary/aromatic N) is 3. The maximum atomic E-state index is 12.8. The van der Waals surface area contributed by atoms with Gasteiger partial charge >= 0.3 is 0 Å². The second-order valence-corrected chi connectivity index (χ2v) is 7.90. The van der Waals surface area contributed by atoms with Crippen LogP contribution < -0.4 is 5.73 Å². The van der Waals surface area contributed by atoms with Gasteiger partial charge in [-0.2, -0.15) is 5.10 Å². The van der Waals surface area contributed by atoms with Crippen LogP contribution in [-0.2, 0) is 12.5 Å². The molecular formula is C16H29ClN4O. The number of hydrogen-bond donors (Lipinski definition) is 1. The van der Waals surface area contributed by atoms with Crippen molar-refractivity contribution in [3.63, 3.8) is 0 Å². The van der Waals surface area contributed by atoms with Crippen LogP contribution in [0.4, 0.5) is 0 Å². The lowest BCUT2D eigenvalue weighted by atomic mass is 9.79. The van der Waals surface area contributed by atoms with E-state index in [1.54, 1.807) is 4.68 Å². The molecule has 0 saturated carbocycles. The molecule has 1 unspecified atom stereocenters. The third kappa shape index (κ3) is 3.63. The van der Waals surface area contributed by atoms with Gasteiger partial charge in [0.1, 0.15) is 5.69 Å². The molecule has 1 aromatic heterocycles. The van der Waals surface area contributed by atoms with Gasteiger partial charge in [0, 0.05) is 31.6 Å². The smallest absolute Gasteiger partial charge is 0.272 e. The molecule has 0 aliphatic carbocycles. The molecule has 1 amide bonds. The molecule has 0 bridgehead atoms. The minimum absolute atomic E-state index is 0. The van der Waals surface area contributed by atoms with Crippen LogP contribution >= 0.6 is 12.4 Å². The second kappa shape index (κ2) is 6.20. The van der Waals surface area contributed by atoms with Gasteiger partial charge in [0.05, 0.1) is 5.69 Å². The maximum absolute atomic E-state index is 12.8. The zero-order valence-corrected chi connectivity index (χ0v) is 15.3. The largest absolute Gasteiger partial charge is 0.337 e. The van der Waals surface area contributed by atoms with Crippen LogP contribution in [0, 0.1) is 5.41 Å². The van der Waals surface area contributed by atoms with Crippen molar-refractivity contribution in [3.05, 3.63) is 17.5 Å². The van der Waals surface area contributed by atoms with Crippen molar-refractivity contribution in [3.8, 4) is 0 Å². The number of halogens is 1. The number of rotatable bonds is 1. The lowest BCUT2D eigenvalue weighted by Crippen LogP contribution is -2.54. The average molecular weight is 329 g/mol. The molecule has 5 nitrogen and oxygen atoms in total. The van der Waals surface area contributed by atoms with Gasteiger partial charge in [0.25, 0.3) is 5.91 Å². The Morgan fingerprint density at radius 3 is 2.45 bits per heavy atom. The number of carbonyl (C=O) groups is 1. The fraction of sp³-hybridized carbons (Fsp3) is 0.750. The molecule has 6 heteroatoms. The van der Waals surface area contributed by atoms with E-state index in [4.69, 9.17) is 5.73 Å². The number of nitrogens with two attached hydrogens (primary N) is 1. The summed E-state index contributed by atoms with van der Waals surface area (Å²) in [5, 5.41) is 4.49. The second-order valence-electron chi connectivity index (χ2n) is 7.90. The van der Waals surface area contributed by atoms with Gasteiger partial charge in [-0.3, -0.25) is 9.48 Å². The fourth-order valence-corrected chi connectivity index (χ4v) is 2.74. The van der Waals surface area contributed by atoms with Gasteiger partial charge in [-0.15, -0.1) is 12.4 Å². The van der Waals surface area contributed by atoms with E-state index in [9.17, 15) is 4.79 Å². The highest BCUT2D eigenvalue weighted by Gasteiger charge is 2.36. The zero-order valence-electron chi connectivity index (χ0n) is 14.5. The summed E-state index contributed by atoms with van der Waals surface area (Å²) in [7, 11) is 1.84. The summed E-state index contributed by atoms with van der Waals surface area (Å²) in [6, 6.07) is 2.07. The molecule has 1 saturated heterocycles. The molecule has 2 N–H and O–H groups in total. The lowest BCUT2D eigenvalue weighted by Gasteiger charge is -2.42. The molecule has 0 radical (unpaired) electrons. The highest BCUT2D eigenvalue weighted by atomic mass is 35.5. The molecule has 2 heterocycles. The summed E-state index contributed by atoms with van der Waals surface area (Å²) < 4.78 is 1.70. The van der Waals surface area contributed by atoms with E-state index >= 15 is 0 Å². The molecule has 1 aromatic rings. The van der Waals surface area contributed by atoms with Crippen molar-refractivity contribution in [2.45, 2.75) is 52.5 Å². The molecule has 2 rings (SSSR count). The van der Waals surface area contributed by atoms with Gasteiger partial charge in [0.15, 0.2) is 0 Å². The molecule has 1 atom stereocenters. The van der Waals surface area contributed by atoms with Crippen LogP contribution in [0.3, 0.4) is 0 Å². The van der Waals surface area contributed by atoms with E-state index in [1.807, 2.05) is 18.0 Å². The van der Waals surface area contributed by atoms with E-state index in [0.29, 0.717) is 12.2 Å². The van der Waals surface area contributed by atoms with E-state index in [2.05, 4.69) is 39.7 Å². The third-order valence-electron chi connectivity index (χ3n) is 4.47. The first-order chi connectivity index (χ1) is 9.52. The number of aromatic nitrogens is 2. The number of hydrogen-bond acceptors (Lipinski definition) is 3. The Morgan fingerprint density at radius 1 is 1.41 bits per heavy atom. The molecule has 126 valence electrons. The molecule has 0 spiro atoms. The van der Waals surface area contributed by atoms with Crippen LogP contribution in [0.15, 0.2) is 6.07 Å². The standard InChI is InChI=1S/C16H28N4O.ClH/c1-15(2,3)13-9-11(19(6)18-13)14(21)20-8-7-12(17)16(4,5)10-20;/h9,12H,7-8,10,17H2,1-6H3;1H. The normalized spacial score (nSPS) is 21.4. The topological polar surface area (TPSA) is 64.2 Å². The Bertz CT molecular complexity index is 545. The van der Waals surface area contributed by atoms with Crippen molar-refractivity contribution < 1.29 is 4.79 Å². The summed E-state index contributed by atoms with van der Waals surface area (Å²) in [5.41, 5.74) is 7.66. The Labute approximate surface area is 139 Å². The minimum Gasteiger partial charge on any atom is -0.337 e. The van der Waals surface area contributed by atoms with Gasteiger partial charge in [-0.1, -0.05) is 34.6 Å². The van der Waals surface area contributed by atoms with Gasteiger partial charge in [-0.05, 0) is 17.9 Å². The molecule has 1 aliphatic rings. The van der Waals surface area contributed by atoms with Gasteiger partial charge in [-0.25, -0.2) is 0 Å². The summed E-state index contributed by atoms with van der Waals surface area (Å²) in [6.45, 7) is 12.0. The number of carbonyl (C=O) groups excluding carboxylic acids is 1. The van der Waals surface area contributed by atoms with E-state index < -0.39 is 0 Å². The van der Waals surface area contributed by atoms with E-state index in [0.717, 1.165) is 18.7 Å². The number of likely N-dealkylation sites (tertiary alicyclic amines) is 1. The Morgan fingerprint density at radius 2 is 2.00 bits per heavy atom. The molecular weight excluding hydrogens is 300 g/mol. The van der Waals surface area contributed by atoms with E-state index in [1.165, 1.54) is 0 Å². The first-order valence-corrected chi connectivity index (χ1v) is 7.62. The Kier molecular flexibility index (Phi) is 5.35. The average Bonchev–Trinajstić information content (AvgIpc) is 2.74. The maximum Gasteiger partial charge on any atom is 0.272 e. The van der Waals surface area contributed by atoms with Crippen LogP contribution in [0.25, 0.3) is 0 Å². The number of amides is 1. The monoisotopic (exact) mass is 328 g/mol. The SMILES string of the molecule is Cl.Cn1nc(C(C)(C)C)cc1C(=O)N1CCC(N)C(C)(C)C1. The van der Waals surface area contributed by atoms with Crippen LogP contribution in [0.5, 0.6) is 0 Å². The minimum atomic E-state index is -0.0557. The zero-order chi connectivity index (χ0) is 16.0. The lowest BCUT2D eigenvalue weighted by molar-refractivity contribution is 0.0522. The molecule has 22 heavy (non-hydrogen) atoms. The van der Waals surface area contributed by atoms with Gasteiger partial charge < -0.3 is 10.6 Å². The molecule has 1 aliphatic heterocycles. The third-order valence-corrected chi connectivity index (χ3v) is 4.47. The predicted octanol–water partition coefficient (Wildman–Crippen LogP) is 2.34. The van der Waals surface area contributed by atoms with Crippen LogP contribution in [-0.4, -0.2) is 39.7 Å². The van der Waals surface area contributed by atoms with Crippen molar-refractivity contribution in [1.29, 1.82) is 0 Å².